The standard InChI is InChI=1S/C17H19ClFN3O3S2/c1-25-7-6-22-15(16-3-2-8-26-16)10-14(21-27(22)24)17(23)20-11-4-5-13(19)12(18)9-11/h2-5,8-9,14-15,21H,6-7,10H2,1H3,(H,20,23). The van der Waals surface area contributed by atoms with Gasteiger partial charge in [0, 0.05) is 24.1 Å². The zero-order chi connectivity index (χ0) is 19.4. The second-order valence-corrected chi connectivity index (χ2v) is 8.53. The Bertz CT molecular complexity index is 781. The Balaban J connectivity index is 1.74. The predicted octanol–water partition coefficient (Wildman–Crippen LogP) is 3.11. The lowest BCUT2D eigenvalue weighted by molar-refractivity contribution is -0.118. The third-order valence-corrected chi connectivity index (χ3v) is 6.77. The molecule has 0 spiro atoms. The van der Waals surface area contributed by atoms with E-state index in [9.17, 15) is 13.7 Å². The number of carbonyl (C=O) groups is 1. The summed E-state index contributed by atoms with van der Waals surface area (Å²) in [6.07, 6.45) is 0.441. The van der Waals surface area contributed by atoms with Crippen LogP contribution in [0.5, 0.6) is 0 Å². The van der Waals surface area contributed by atoms with Gasteiger partial charge >= 0.3 is 0 Å². The molecule has 1 aliphatic heterocycles. The van der Waals surface area contributed by atoms with Crippen molar-refractivity contribution in [2.24, 2.45) is 0 Å². The maximum absolute atomic E-state index is 13.3. The molecule has 3 atom stereocenters. The van der Waals surface area contributed by atoms with Crippen molar-refractivity contribution in [3.63, 3.8) is 0 Å². The van der Waals surface area contributed by atoms with Crippen molar-refractivity contribution in [1.29, 1.82) is 0 Å². The summed E-state index contributed by atoms with van der Waals surface area (Å²) in [7, 11) is 1.59. The van der Waals surface area contributed by atoms with Crippen LogP contribution < -0.4 is 10.0 Å². The van der Waals surface area contributed by atoms with Gasteiger partial charge in [-0.2, -0.15) is 0 Å². The Kier molecular flexibility index (Phi) is 7.10. The van der Waals surface area contributed by atoms with E-state index in [4.69, 9.17) is 16.3 Å². The van der Waals surface area contributed by atoms with E-state index in [2.05, 4.69) is 10.0 Å². The van der Waals surface area contributed by atoms with E-state index in [0.29, 0.717) is 25.3 Å². The zero-order valence-corrected chi connectivity index (χ0v) is 16.9. The average Bonchev–Trinajstić information content (AvgIpc) is 3.17. The van der Waals surface area contributed by atoms with Crippen molar-refractivity contribution >= 4 is 46.1 Å². The molecule has 0 radical (unpaired) electrons. The summed E-state index contributed by atoms with van der Waals surface area (Å²) >= 11 is 5.76. The first-order valence-corrected chi connectivity index (χ1v) is 10.6. The highest BCUT2D eigenvalue weighted by Crippen LogP contribution is 2.34. The largest absolute Gasteiger partial charge is 0.579 e. The van der Waals surface area contributed by atoms with Crippen LogP contribution in [0.15, 0.2) is 35.7 Å². The molecule has 10 heteroatoms. The quantitative estimate of drug-likeness (QED) is 0.687. The monoisotopic (exact) mass is 431 g/mol. The molecule has 1 aromatic heterocycles. The van der Waals surface area contributed by atoms with E-state index in [1.807, 2.05) is 17.5 Å². The fourth-order valence-electron chi connectivity index (χ4n) is 2.82. The number of hydrogen-bond acceptors (Lipinski definition) is 6. The highest BCUT2D eigenvalue weighted by atomic mass is 35.5. The number of halogens is 2. The number of benzene rings is 1. The first-order chi connectivity index (χ1) is 13.0. The number of ether oxygens (including phenoxy) is 1. The zero-order valence-electron chi connectivity index (χ0n) is 14.5. The second kappa shape index (κ2) is 9.33. The number of hydrogen-bond donors (Lipinski definition) is 2. The Morgan fingerprint density at radius 3 is 3.04 bits per heavy atom. The van der Waals surface area contributed by atoms with Gasteiger partial charge in [0.15, 0.2) is 0 Å². The summed E-state index contributed by atoms with van der Waals surface area (Å²) in [4.78, 5) is 13.7. The van der Waals surface area contributed by atoms with E-state index in [1.165, 1.54) is 18.2 Å². The third kappa shape index (κ3) is 5.00. The van der Waals surface area contributed by atoms with E-state index in [0.717, 1.165) is 4.88 Å². The summed E-state index contributed by atoms with van der Waals surface area (Å²) < 4.78 is 35.7. The highest BCUT2D eigenvalue weighted by molar-refractivity contribution is 7.87. The van der Waals surface area contributed by atoms with Crippen LogP contribution >= 0.6 is 22.9 Å². The summed E-state index contributed by atoms with van der Waals surface area (Å²) in [5.74, 6) is -0.905. The summed E-state index contributed by atoms with van der Waals surface area (Å²) in [6.45, 7) is 0.904. The molecule has 1 amide bonds. The predicted molar refractivity (Wildman–Crippen MR) is 105 cm³/mol. The van der Waals surface area contributed by atoms with Crippen LogP contribution in [0, 0.1) is 5.82 Å². The van der Waals surface area contributed by atoms with Crippen LogP contribution in [0.1, 0.15) is 17.3 Å². The van der Waals surface area contributed by atoms with E-state index < -0.39 is 23.4 Å². The molecule has 3 rings (SSSR count). The number of nitrogens with one attached hydrogen (secondary N) is 2. The topological polar surface area (TPSA) is 76.7 Å². The SMILES string of the molecule is COCCN1C(c2cccs2)CC(C(=O)Nc2ccc(F)c(Cl)c2)N[S+]1[O-]. The maximum Gasteiger partial charge on any atom is 0.246 e. The first kappa shape index (κ1) is 20.5. The molecule has 2 aromatic rings. The normalized spacial score (nSPS) is 23.3. The number of methoxy groups -OCH3 is 1. The minimum Gasteiger partial charge on any atom is -0.579 e. The van der Waals surface area contributed by atoms with E-state index in [1.54, 1.807) is 22.8 Å². The lowest BCUT2D eigenvalue weighted by Gasteiger charge is -2.37. The second-order valence-electron chi connectivity index (χ2n) is 5.94. The first-order valence-electron chi connectivity index (χ1n) is 8.22. The summed E-state index contributed by atoms with van der Waals surface area (Å²) in [5, 5.41) is 4.57. The van der Waals surface area contributed by atoms with Crippen molar-refractivity contribution in [3.05, 3.63) is 51.4 Å². The molecule has 1 fully saturated rings. The van der Waals surface area contributed by atoms with Crippen LogP contribution in [0.3, 0.4) is 0 Å². The van der Waals surface area contributed by atoms with Crippen molar-refractivity contribution in [3.8, 4) is 0 Å². The Morgan fingerprint density at radius 2 is 2.37 bits per heavy atom. The maximum atomic E-state index is 13.3. The lowest BCUT2D eigenvalue weighted by Crippen LogP contribution is -2.57. The van der Waals surface area contributed by atoms with Crippen molar-refractivity contribution in [2.75, 3.05) is 25.6 Å². The fraction of sp³-hybridized carbons (Fsp3) is 0.353. The van der Waals surface area contributed by atoms with Crippen molar-refractivity contribution in [1.82, 2.24) is 9.03 Å². The molecular formula is C17H19ClFN3O3S2. The van der Waals surface area contributed by atoms with Gasteiger partial charge in [0.25, 0.3) is 0 Å². The molecule has 0 aliphatic carbocycles. The highest BCUT2D eigenvalue weighted by Gasteiger charge is 2.42. The molecular weight excluding hydrogens is 413 g/mol. The van der Waals surface area contributed by atoms with Crippen LogP contribution in [0.4, 0.5) is 10.1 Å². The van der Waals surface area contributed by atoms with Gasteiger partial charge in [0.2, 0.25) is 5.91 Å². The van der Waals surface area contributed by atoms with Gasteiger partial charge in [0.1, 0.15) is 23.4 Å². The van der Waals surface area contributed by atoms with Gasteiger partial charge in [0.05, 0.1) is 24.2 Å². The molecule has 1 aromatic carbocycles. The molecule has 146 valence electrons. The number of carbonyl (C=O) groups excluding carboxylic acids is 1. The molecule has 27 heavy (non-hydrogen) atoms. The molecule has 2 heterocycles. The Hall–Kier alpha value is -1.20. The molecule has 2 N–H and O–H groups in total. The number of anilines is 1. The van der Waals surface area contributed by atoms with Crippen LogP contribution in [0.25, 0.3) is 0 Å². The molecule has 1 saturated heterocycles. The van der Waals surface area contributed by atoms with Crippen molar-refractivity contribution in [2.45, 2.75) is 18.5 Å². The van der Waals surface area contributed by atoms with Gasteiger partial charge in [-0.25, -0.2) is 4.39 Å². The minimum atomic E-state index is -1.55. The van der Waals surface area contributed by atoms with Gasteiger partial charge in [-0.1, -0.05) is 22.0 Å². The number of rotatable bonds is 6. The lowest BCUT2D eigenvalue weighted by atomic mass is 10.0. The van der Waals surface area contributed by atoms with Gasteiger partial charge in [-0.05, 0) is 29.6 Å². The minimum absolute atomic E-state index is 0.0739. The van der Waals surface area contributed by atoms with Gasteiger partial charge in [-0.15, -0.1) is 16.1 Å². The van der Waals surface area contributed by atoms with E-state index in [-0.39, 0.29) is 17.0 Å². The third-order valence-electron chi connectivity index (χ3n) is 4.15. The van der Waals surface area contributed by atoms with Gasteiger partial charge < -0.3 is 14.6 Å². The van der Waals surface area contributed by atoms with Crippen LogP contribution in [-0.2, 0) is 21.1 Å². The number of amides is 1. The van der Waals surface area contributed by atoms with Crippen LogP contribution in [-0.4, -0.2) is 41.1 Å². The van der Waals surface area contributed by atoms with Crippen LogP contribution in [0.2, 0.25) is 5.02 Å². The molecule has 6 nitrogen and oxygen atoms in total. The average molecular weight is 432 g/mol. The fourth-order valence-corrected chi connectivity index (χ4v) is 5.17. The molecule has 0 saturated carbocycles. The Morgan fingerprint density at radius 1 is 1.56 bits per heavy atom. The summed E-state index contributed by atoms with van der Waals surface area (Å²) in [5.41, 5.74) is 0.383. The summed E-state index contributed by atoms with van der Waals surface area (Å²) in [6, 6.07) is 7.01. The molecule has 3 unspecified atom stereocenters. The number of nitrogens with zero attached hydrogens (tertiary/aromatic N) is 1. The van der Waals surface area contributed by atoms with Crippen molar-refractivity contribution < 1.29 is 18.5 Å². The van der Waals surface area contributed by atoms with E-state index >= 15 is 0 Å². The smallest absolute Gasteiger partial charge is 0.246 e. The molecule has 1 aliphatic rings. The van der Waals surface area contributed by atoms with Gasteiger partial charge in [-0.3, -0.25) is 4.79 Å². The number of thiophene rings is 1. The Labute approximate surface area is 169 Å². The molecule has 0 bridgehead atoms.